The summed E-state index contributed by atoms with van der Waals surface area (Å²) in [5, 5.41) is 0. The van der Waals surface area contributed by atoms with Crippen LogP contribution in [-0.2, 0) is 9.53 Å². The lowest BCUT2D eigenvalue weighted by Crippen LogP contribution is -2.32. The summed E-state index contributed by atoms with van der Waals surface area (Å²) in [6.45, 7) is 4.37. The molecule has 4 heteroatoms. The summed E-state index contributed by atoms with van der Waals surface area (Å²) < 4.78 is 5.01. The first-order valence-corrected chi connectivity index (χ1v) is 6.81. The minimum atomic E-state index is -0.571. The largest absolute Gasteiger partial charge is 0.446 e. The number of rotatable bonds is 4. The van der Waals surface area contributed by atoms with Gasteiger partial charge in [0.15, 0.2) is 0 Å². The Morgan fingerprint density at radius 1 is 1.40 bits per heavy atom. The van der Waals surface area contributed by atoms with E-state index in [4.69, 9.17) is 4.74 Å². The Bertz CT molecular complexity index is 508. The Morgan fingerprint density at radius 2 is 2.10 bits per heavy atom. The lowest BCUT2D eigenvalue weighted by Gasteiger charge is -2.18. The fourth-order valence-electron chi connectivity index (χ4n) is 2.11. The molecule has 1 aromatic carbocycles. The molecular formula is C16H19NO3. The van der Waals surface area contributed by atoms with Crippen molar-refractivity contribution in [2.24, 2.45) is 5.92 Å². The minimum absolute atomic E-state index is 0.215. The van der Waals surface area contributed by atoms with E-state index in [1.165, 1.54) is 11.0 Å². The molecule has 20 heavy (non-hydrogen) atoms. The number of hydrogen-bond acceptors (Lipinski definition) is 3. The van der Waals surface area contributed by atoms with E-state index >= 15 is 0 Å². The molecule has 1 unspecified atom stereocenters. The molecular weight excluding hydrogens is 254 g/mol. The second kappa shape index (κ2) is 6.37. The van der Waals surface area contributed by atoms with E-state index in [1.54, 1.807) is 6.08 Å². The second-order valence-corrected chi connectivity index (χ2v) is 5.24. The van der Waals surface area contributed by atoms with E-state index in [9.17, 15) is 9.59 Å². The van der Waals surface area contributed by atoms with E-state index in [0.29, 0.717) is 5.92 Å². The fraction of sp³-hybridized carbons (Fsp3) is 0.375. The standard InChI is InChI=1S/C16H19NO3/c1-12(2)7-6-10-15(18)17-14(11-20-16(17)19)13-8-4-3-5-9-13/h3-6,8-10,12,14H,7,11H2,1-2H3. The summed E-state index contributed by atoms with van der Waals surface area (Å²) in [4.78, 5) is 25.1. The monoisotopic (exact) mass is 273 g/mol. The van der Waals surface area contributed by atoms with Gasteiger partial charge in [0.2, 0.25) is 0 Å². The average molecular weight is 273 g/mol. The molecule has 1 fully saturated rings. The predicted molar refractivity (Wildman–Crippen MR) is 76.0 cm³/mol. The van der Waals surface area contributed by atoms with E-state index in [-0.39, 0.29) is 18.6 Å². The molecule has 2 rings (SSSR count). The van der Waals surface area contributed by atoms with Crippen molar-refractivity contribution in [3.8, 4) is 0 Å². The van der Waals surface area contributed by atoms with Crippen molar-refractivity contribution >= 4 is 12.0 Å². The van der Waals surface area contributed by atoms with Crippen molar-refractivity contribution in [1.82, 2.24) is 4.90 Å². The van der Waals surface area contributed by atoms with Crippen molar-refractivity contribution < 1.29 is 14.3 Å². The molecule has 0 spiro atoms. The molecule has 1 aliphatic heterocycles. The quantitative estimate of drug-likeness (QED) is 0.791. The smallest absolute Gasteiger partial charge is 0.417 e. The highest BCUT2D eigenvalue weighted by molar-refractivity contribution is 5.99. The Morgan fingerprint density at radius 3 is 2.75 bits per heavy atom. The number of nitrogens with zero attached hydrogens (tertiary/aromatic N) is 1. The zero-order chi connectivity index (χ0) is 14.5. The van der Waals surface area contributed by atoms with Crippen molar-refractivity contribution in [2.75, 3.05) is 6.61 Å². The molecule has 1 heterocycles. The SMILES string of the molecule is CC(C)CC=CC(=O)N1C(=O)OCC1c1ccccc1. The molecule has 0 saturated carbocycles. The van der Waals surface area contributed by atoms with Gasteiger partial charge in [0.25, 0.3) is 5.91 Å². The van der Waals surface area contributed by atoms with Crippen LogP contribution in [0.1, 0.15) is 31.9 Å². The van der Waals surface area contributed by atoms with Crippen molar-refractivity contribution in [2.45, 2.75) is 26.3 Å². The molecule has 0 radical (unpaired) electrons. The van der Waals surface area contributed by atoms with Crippen LogP contribution in [0, 0.1) is 5.92 Å². The molecule has 1 aromatic rings. The molecule has 1 aliphatic rings. The summed E-state index contributed by atoms with van der Waals surface area (Å²) in [5.41, 5.74) is 0.906. The molecule has 0 aliphatic carbocycles. The maximum atomic E-state index is 12.2. The van der Waals surface area contributed by atoms with Gasteiger partial charge in [-0.15, -0.1) is 0 Å². The van der Waals surface area contributed by atoms with Crippen LogP contribution in [0.25, 0.3) is 0 Å². The number of imide groups is 1. The molecule has 0 aromatic heterocycles. The Labute approximate surface area is 119 Å². The third-order valence-electron chi connectivity index (χ3n) is 3.16. The Hall–Kier alpha value is -2.10. The van der Waals surface area contributed by atoms with Crippen LogP contribution < -0.4 is 0 Å². The topological polar surface area (TPSA) is 46.6 Å². The van der Waals surface area contributed by atoms with Crippen LogP contribution in [0.3, 0.4) is 0 Å². The fourth-order valence-corrected chi connectivity index (χ4v) is 2.11. The maximum absolute atomic E-state index is 12.2. The van der Waals surface area contributed by atoms with E-state index in [0.717, 1.165) is 12.0 Å². The Kier molecular flexibility index (Phi) is 4.56. The molecule has 1 atom stereocenters. The minimum Gasteiger partial charge on any atom is -0.446 e. The van der Waals surface area contributed by atoms with Gasteiger partial charge in [-0.3, -0.25) is 4.79 Å². The molecule has 0 N–H and O–H groups in total. The summed E-state index contributed by atoms with van der Waals surface area (Å²) in [7, 11) is 0. The van der Waals surface area contributed by atoms with Crippen LogP contribution in [0.5, 0.6) is 0 Å². The zero-order valence-corrected chi connectivity index (χ0v) is 11.8. The number of ether oxygens (including phenoxy) is 1. The zero-order valence-electron chi connectivity index (χ0n) is 11.8. The van der Waals surface area contributed by atoms with Crippen molar-refractivity contribution in [1.29, 1.82) is 0 Å². The first-order valence-electron chi connectivity index (χ1n) is 6.81. The molecule has 106 valence electrons. The van der Waals surface area contributed by atoms with Gasteiger partial charge in [-0.05, 0) is 24.0 Å². The van der Waals surface area contributed by atoms with E-state index in [2.05, 4.69) is 13.8 Å². The third kappa shape index (κ3) is 3.26. The van der Waals surface area contributed by atoms with Crippen LogP contribution in [0.2, 0.25) is 0 Å². The molecule has 2 amide bonds. The number of hydrogen-bond donors (Lipinski definition) is 0. The second-order valence-electron chi connectivity index (χ2n) is 5.24. The van der Waals surface area contributed by atoms with Gasteiger partial charge in [0.1, 0.15) is 12.6 Å². The van der Waals surface area contributed by atoms with Gasteiger partial charge in [0.05, 0.1) is 0 Å². The van der Waals surface area contributed by atoms with Gasteiger partial charge in [0, 0.05) is 0 Å². The summed E-state index contributed by atoms with van der Waals surface area (Å²) >= 11 is 0. The van der Waals surface area contributed by atoms with Gasteiger partial charge in [-0.1, -0.05) is 50.3 Å². The number of carbonyl (C=O) groups is 2. The molecule has 1 saturated heterocycles. The van der Waals surface area contributed by atoms with Gasteiger partial charge in [-0.25, -0.2) is 9.69 Å². The normalized spacial score (nSPS) is 18.9. The Balaban J connectivity index is 2.13. The third-order valence-corrected chi connectivity index (χ3v) is 3.16. The summed E-state index contributed by atoms with van der Waals surface area (Å²) in [6.07, 6.45) is 3.51. The van der Waals surface area contributed by atoms with E-state index in [1.807, 2.05) is 30.3 Å². The maximum Gasteiger partial charge on any atom is 0.417 e. The number of allylic oxidation sites excluding steroid dienone is 1. The van der Waals surface area contributed by atoms with Crippen LogP contribution in [0.4, 0.5) is 4.79 Å². The molecule has 4 nitrogen and oxygen atoms in total. The van der Waals surface area contributed by atoms with Crippen LogP contribution in [0.15, 0.2) is 42.5 Å². The van der Waals surface area contributed by atoms with E-state index < -0.39 is 6.09 Å². The van der Waals surface area contributed by atoms with Crippen molar-refractivity contribution in [3.63, 3.8) is 0 Å². The van der Waals surface area contributed by atoms with Gasteiger partial charge in [-0.2, -0.15) is 0 Å². The highest BCUT2D eigenvalue weighted by atomic mass is 16.6. The lowest BCUT2D eigenvalue weighted by atomic mass is 10.1. The highest BCUT2D eigenvalue weighted by Gasteiger charge is 2.37. The number of amides is 2. The van der Waals surface area contributed by atoms with Crippen molar-refractivity contribution in [3.05, 3.63) is 48.0 Å². The first kappa shape index (κ1) is 14.3. The summed E-state index contributed by atoms with van der Waals surface area (Å²) in [6, 6.07) is 9.12. The number of carbonyl (C=O) groups excluding carboxylic acids is 2. The number of benzene rings is 1. The molecule has 0 bridgehead atoms. The van der Waals surface area contributed by atoms with Gasteiger partial charge < -0.3 is 4.74 Å². The van der Waals surface area contributed by atoms with Gasteiger partial charge >= 0.3 is 6.09 Å². The summed E-state index contributed by atoms with van der Waals surface area (Å²) in [5.74, 6) is 0.163. The lowest BCUT2D eigenvalue weighted by molar-refractivity contribution is -0.124. The average Bonchev–Trinajstić information content (AvgIpc) is 2.81. The predicted octanol–water partition coefficient (Wildman–Crippen LogP) is 3.31. The first-order chi connectivity index (χ1) is 9.59. The highest BCUT2D eigenvalue weighted by Crippen LogP contribution is 2.27. The number of cyclic esters (lactones) is 1. The van der Waals surface area contributed by atoms with Crippen LogP contribution in [-0.4, -0.2) is 23.5 Å². The van der Waals surface area contributed by atoms with Crippen LogP contribution >= 0.6 is 0 Å².